The molecule has 0 atom stereocenters. The van der Waals surface area contributed by atoms with E-state index < -0.39 is 10.4 Å². The van der Waals surface area contributed by atoms with Crippen molar-refractivity contribution in [1.82, 2.24) is 0 Å². The molecule has 0 aliphatic rings. The molecule has 0 aliphatic carbocycles. The zero-order chi connectivity index (χ0) is 4.50. The fraction of sp³-hybridized carbons (Fsp3) is 0. The van der Waals surface area contributed by atoms with Crippen molar-refractivity contribution in [2.45, 2.75) is 0 Å². The van der Waals surface area contributed by atoms with Crippen LogP contribution in [0.1, 0.15) is 1.43 Å². The summed E-state index contributed by atoms with van der Waals surface area (Å²) < 4.78 is 34.1. The second kappa shape index (κ2) is 2.63. The van der Waals surface area contributed by atoms with Gasteiger partial charge in [0.2, 0.25) is 0 Å². The summed E-state index contributed by atoms with van der Waals surface area (Å²) in [4.78, 5) is 0. The molecule has 6 heteroatoms. The Kier molecular flexibility index (Phi) is 4.25. The molecule has 0 saturated heterocycles. The van der Waals surface area contributed by atoms with Gasteiger partial charge in [-0.05, 0) is 0 Å². The largest absolute Gasteiger partial charge is 3.00 e. The van der Waals surface area contributed by atoms with Crippen LogP contribution in [-0.2, 0) is 29.9 Å². The van der Waals surface area contributed by atoms with Crippen LogP contribution in [0.3, 0.4) is 0 Å². The standard InChI is InChI=1S/H2O4S.Rh/c1-5(2,3)4;/h(H2,1,2,3,4);/q;+3/p-1. The Morgan fingerprint density at radius 1 is 1.33 bits per heavy atom. The summed E-state index contributed by atoms with van der Waals surface area (Å²) in [5.41, 5.74) is 0. The molecule has 0 aromatic carbocycles. The molecule has 0 radical (unpaired) electrons. The van der Waals surface area contributed by atoms with Gasteiger partial charge in [0.05, 0.1) is 0 Å². The average Bonchev–Trinajstić information content (AvgIpc) is 0.722. The van der Waals surface area contributed by atoms with Crippen LogP contribution in [0.4, 0.5) is 0 Å². The van der Waals surface area contributed by atoms with Gasteiger partial charge in [0, 0.05) is 10.4 Å². The molecule has 0 unspecified atom stereocenters. The van der Waals surface area contributed by atoms with Gasteiger partial charge in [-0.25, -0.2) is 0 Å². The monoisotopic (exact) mass is 200 g/mol. The van der Waals surface area contributed by atoms with Crippen molar-refractivity contribution in [3.8, 4) is 0 Å². The topological polar surface area (TPSA) is 80.3 Å². The summed E-state index contributed by atoms with van der Waals surface area (Å²) in [5.74, 6) is 0. The first-order chi connectivity index (χ1) is 2.00. The molecule has 0 rings (SSSR count). The van der Waals surface area contributed by atoms with Crippen LogP contribution in [0, 0.1) is 0 Å². The summed E-state index contributed by atoms with van der Waals surface area (Å²) in [6.07, 6.45) is 0. The molecule has 0 amide bonds. The second-order valence-electron chi connectivity index (χ2n) is 0.408. The fourth-order valence-corrected chi connectivity index (χ4v) is 0. The Labute approximate surface area is 49.4 Å². The summed E-state index contributed by atoms with van der Waals surface area (Å²) in [6.45, 7) is 0. The molecule has 4 nitrogen and oxygen atoms in total. The van der Waals surface area contributed by atoms with Crippen molar-refractivity contribution in [2.24, 2.45) is 0 Å². The maximum atomic E-state index is 8.52. The molecule has 38 valence electrons. The summed E-state index contributed by atoms with van der Waals surface area (Å²) in [7, 11) is -5.17. The Bertz CT molecular complexity index is 94.9. The van der Waals surface area contributed by atoms with Crippen molar-refractivity contribution in [1.29, 1.82) is 0 Å². The maximum absolute atomic E-state index is 8.52. The van der Waals surface area contributed by atoms with Gasteiger partial charge in [0.15, 0.2) is 0 Å². The summed E-state index contributed by atoms with van der Waals surface area (Å²) >= 11 is 0. The number of hydrogen-bond donors (Lipinski definition) is 0. The quantitative estimate of drug-likeness (QED) is 0.278. The van der Waals surface area contributed by atoms with Crippen molar-refractivity contribution in [3.63, 3.8) is 0 Å². The van der Waals surface area contributed by atoms with Crippen LogP contribution in [0.2, 0.25) is 0 Å². The summed E-state index contributed by atoms with van der Waals surface area (Å²) in [5, 5.41) is 0. The van der Waals surface area contributed by atoms with Crippen LogP contribution in [0.15, 0.2) is 0 Å². The van der Waals surface area contributed by atoms with Gasteiger partial charge < -0.3 is 9.11 Å². The van der Waals surface area contributed by atoms with Gasteiger partial charge in [-0.3, -0.25) is 8.42 Å². The molecule has 0 aromatic rings. The van der Waals surface area contributed by atoms with Gasteiger partial charge in [-0.15, -0.1) is 0 Å². The minimum absolute atomic E-state index is 0. The zero-order valence-corrected chi connectivity index (χ0v) is 4.83. The normalized spacial score (nSPS) is 9.67. The van der Waals surface area contributed by atoms with Crippen molar-refractivity contribution in [2.75, 3.05) is 0 Å². The summed E-state index contributed by atoms with van der Waals surface area (Å²) in [6, 6.07) is 0. The fourth-order valence-electron chi connectivity index (χ4n) is 0. The first-order valence-corrected chi connectivity index (χ1v) is 2.00. The molecular formula is HO4RhS+2. The molecule has 0 aliphatic heterocycles. The van der Waals surface area contributed by atoms with E-state index in [9.17, 15) is 0 Å². The first-order valence-electron chi connectivity index (χ1n) is 0.667. The third kappa shape index (κ3) is 225. The first kappa shape index (κ1) is 9.71. The van der Waals surface area contributed by atoms with E-state index in [-0.39, 0.29) is 20.9 Å². The van der Waals surface area contributed by atoms with E-state index in [2.05, 4.69) is 0 Å². The minimum atomic E-state index is -5.17. The number of rotatable bonds is 0. The van der Waals surface area contributed by atoms with Crippen molar-refractivity contribution < 1.29 is 38.4 Å². The molecule has 0 N–H and O–H groups in total. The molecule has 0 fully saturated rings. The number of hydrogen-bond acceptors (Lipinski definition) is 4. The third-order valence-electron chi connectivity index (χ3n) is 0. The van der Waals surface area contributed by atoms with E-state index in [4.69, 9.17) is 17.5 Å². The molecular weight excluding hydrogens is 199 g/mol. The van der Waals surface area contributed by atoms with Crippen LogP contribution in [0.25, 0.3) is 0 Å². The molecule has 0 bridgehead atoms. The second-order valence-corrected chi connectivity index (χ2v) is 1.22. The Morgan fingerprint density at radius 3 is 1.33 bits per heavy atom. The van der Waals surface area contributed by atoms with Gasteiger partial charge >= 0.3 is 20.9 Å². The van der Waals surface area contributed by atoms with E-state index >= 15 is 0 Å². The third-order valence-corrected chi connectivity index (χ3v) is 0. The van der Waals surface area contributed by atoms with E-state index in [1.165, 1.54) is 0 Å². The smallest absolute Gasteiger partial charge is 0.759 e. The van der Waals surface area contributed by atoms with Crippen LogP contribution in [0.5, 0.6) is 0 Å². The van der Waals surface area contributed by atoms with Gasteiger partial charge in [0.1, 0.15) is 0 Å². The Hall–Kier alpha value is 0.493. The average molecular weight is 200 g/mol. The minimum Gasteiger partial charge on any atom is -0.759 e. The van der Waals surface area contributed by atoms with E-state index in [1.807, 2.05) is 0 Å². The Balaban J connectivity index is -0.0000000800. The van der Waals surface area contributed by atoms with E-state index in [0.717, 1.165) is 0 Å². The molecule has 0 saturated carbocycles. The predicted molar refractivity (Wildman–Crippen MR) is 11.6 cm³/mol. The van der Waals surface area contributed by atoms with Crippen molar-refractivity contribution >= 4 is 10.4 Å². The molecule has 0 heterocycles. The predicted octanol–water partition coefficient (Wildman–Crippen LogP) is -1.23. The SMILES string of the molecule is O=S(=O)([O-])[O-].[H+].[Rh+3]. The van der Waals surface area contributed by atoms with Crippen LogP contribution < -0.4 is 0 Å². The van der Waals surface area contributed by atoms with Crippen LogP contribution >= 0.6 is 0 Å². The molecule has 0 spiro atoms. The maximum Gasteiger partial charge on any atom is 3.00 e. The van der Waals surface area contributed by atoms with Gasteiger partial charge in [-0.1, -0.05) is 0 Å². The van der Waals surface area contributed by atoms with Crippen LogP contribution in [-0.4, -0.2) is 17.5 Å². The van der Waals surface area contributed by atoms with Gasteiger partial charge in [0.25, 0.3) is 0 Å². The van der Waals surface area contributed by atoms with E-state index in [1.54, 1.807) is 0 Å². The molecule has 0 aromatic heterocycles. The zero-order valence-electron chi connectivity index (χ0n) is 3.37. The van der Waals surface area contributed by atoms with E-state index in [0.29, 0.717) is 0 Å². The molecule has 6 heavy (non-hydrogen) atoms. The Morgan fingerprint density at radius 2 is 1.33 bits per heavy atom. The van der Waals surface area contributed by atoms with Crippen molar-refractivity contribution in [3.05, 3.63) is 0 Å². The van der Waals surface area contributed by atoms with Gasteiger partial charge in [-0.2, -0.15) is 0 Å².